The van der Waals surface area contributed by atoms with Gasteiger partial charge >= 0.3 is 0 Å². The maximum atomic E-state index is 5.91. The van der Waals surface area contributed by atoms with Crippen molar-refractivity contribution in [3.63, 3.8) is 0 Å². The van der Waals surface area contributed by atoms with Gasteiger partial charge in [0.2, 0.25) is 5.95 Å². The monoisotopic (exact) mass is 262 g/mol. The summed E-state index contributed by atoms with van der Waals surface area (Å²) in [6, 6.07) is 4.03. The predicted molar refractivity (Wildman–Crippen MR) is 71.7 cm³/mol. The normalized spacial score (nSPS) is 10.9. The molecule has 3 heterocycles. The first-order chi connectivity index (χ1) is 8.24. The summed E-state index contributed by atoms with van der Waals surface area (Å²) in [5.74, 6) is 0.475. The average molecular weight is 262 g/mol. The molecule has 0 aliphatic heterocycles. The lowest BCUT2D eigenvalue weighted by Gasteiger charge is -1.96. The lowest BCUT2D eigenvalue weighted by atomic mass is 10.4. The molecule has 0 atom stereocenters. The highest BCUT2D eigenvalue weighted by Crippen LogP contribution is 2.27. The van der Waals surface area contributed by atoms with Gasteiger partial charge in [-0.15, -0.1) is 22.7 Å². The Labute approximate surface area is 106 Å². The van der Waals surface area contributed by atoms with Gasteiger partial charge in [0.1, 0.15) is 5.69 Å². The SMILES string of the molecule is Cc1csc(-n2cc(-c3cccs3)nc2N)n1. The van der Waals surface area contributed by atoms with E-state index in [9.17, 15) is 0 Å². The maximum absolute atomic E-state index is 5.91. The average Bonchev–Trinajstić information content (AvgIpc) is 2.97. The zero-order valence-corrected chi connectivity index (χ0v) is 10.8. The molecule has 0 saturated heterocycles. The van der Waals surface area contributed by atoms with Gasteiger partial charge in [0, 0.05) is 11.6 Å². The molecule has 3 rings (SSSR count). The number of aromatic nitrogens is 3. The van der Waals surface area contributed by atoms with E-state index in [1.54, 1.807) is 22.7 Å². The van der Waals surface area contributed by atoms with Crippen LogP contribution in [0.3, 0.4) is 0 Å². The number of hydrogen-bond acceptors (Lipinski definition) is 5. The van der Waals surface area contributed by atoms with Gasteiger partial charge < -0.3 is 5.73 Å². The van der Waals surface area contributed by atoms with Crippen LogP contribution < -0.4 is 5.73 Å². The second-order valence-corrected chi connectivity index (χ2v) is 5.39. The molecule has 0 bridgehead atoms. The molecular formula is C11H10N4S2. The van der Waals surface area contributed by atoms with Crippen LogP contribution in [0.15, 0.2) is 29.1 Å². The number of nitrogens with zero attached hydrogens (tertiary/aromatic N) is 3. The summed E-state index contributed by atoms with van der Waals surface area (Å²) in [5, 5.41) is 4.88. The van der Waals surface area contributed by atoms with Gasteiger partial charge in [-0.2, -0.15) is 0 Å². The third-order valence-electron chi connectivity index (χ3n) is 2.32. The van der Waals surface area contributed by atoms with Gasteiger partial charge in [-0.1, -0.05) is 6.07 Å². The van der Waals surface area contributed by atoms with Gasteiger partial charge in [-0.05, 0) is 18.4 Å². The lowest BCUT2D eigenvalue weighted by molar-refractivity contribution is 1.03. The topological polar surface area (TPSA) is 56.7 Å². The van der Waals surface area contributed by atoms with E-state index in [1.165, 1.54) is 0 Å². The number of thiazole rings is 1. The van der Waals surface area contributed by atoms with Crippen LogP contribution >= 0.6 is 22.7 Å². The number of aryl methyl sites for hydroxylation is 1. The van der Waals surface area contributed by atoms with Gasteiger partial charge in [-0.3, -0.25) is 4.57 Å². The van der Waals surface area contributed by atoms with E-state index in [-0.39, 0.29) is 0 Å². The highest BCUT2D eigenvalue weighted by atomic mass is 32.1. The fraction of sp³-hybridized carbons (Fsp3) is 0.0909. The first-order valence-corrected chi connectivity index (χ1v) is 6.81. The van der Waals surface area contributed by atoms with Crippen molar-refractivity contribution in [2.75, 3.05) is 5.73 Å². The van der Waals surface area contributed by atoms with Crippen molar-refractivity contribution in [3.8, 4) is 15.7 Å². The van der Waals surface area contributed by atoms with E-state index >= 15 is 0 Å². The van der Waals surface area contributed by atoms with Crippen LogP contribution in [0.4, 0.5) is 5.95 Å². The van der Waals surface area contributed by atoms with Gasteiger partial charge in [0.15, 0.2) is 5.13 Å². The molecule has 3 aromatic heterocycles. The molecule has 2 N–H and O–H groups in total. The predicted octanol–water partition coefficient (Wildman–Crippen LogP) is 2.95. The Hall–Kier alpha value is -1.66. The van der Waals surface area contributed by atoms with E-state index in [4.69, 9.17) is 5.73 Å². The van der Waals surface area contributed by atoms with Crippen molar-refractivity contribution in [2.45, 2.75) is 6.92 Å². The fourth-order valence-electron chi connectivity index (χ4n) is 1.54. The van der Waals surface area contributed by atoms with Crippen molar-refractivity contribution in [2.24, 2.45) is 0 Å². The van der Waals surface area contributed by atoms with Crippen molar-refractivity contribution in [1.82, 2.24) is 14.5 Å². The van der Waals surface area contributed by atoms with Crippen molar-refractivity contribution in [3.05, 3.63) is 34.8 Å². The van der Waals surface area contributed by atoms with Crippen LogP contribution in [0.25, 0.3) is 15.7 Å². The van der Waals surface area contributed by atoms with Crippen LogP contribution in [-0.2, 0) is 0 Å². The second kappa shape index (κ2) is 3.97. The molecule has 0 radical (unpaired) electrons. The van der Waals surface area contributed by atoms with E-state index in [0.717, 1.165) is 21.4 Å². The molecule has 0 aliphatic rings. The molecule has 0 fully saturated rings. The highest BCUT2D eigenvalue weighted by molar-refractivity contribution is 7.13. The maximum Gasteiger partial charge on any atom is 0.207 e. The number of hydrogen-bond donors (Lipinski definition) is 1. The van der Waals surface area contributed by atoms with E-state index < -0.39 is 0 Å². The quantitative estimate of drug-likeness (QED) is 0.772. The summed E-state index contributed by atoms with van der Waals surface area (Å²) in [5.41, 5.74) is 7.80. The number of anilines is 1. The number of imidazole rings is 1. The molecular weight excluding hydrogens is 252 g/mol. The van der Waals surface area contributed by atoms with Crippen LogP contribution in [0, 0.1) is 6.92 Å². The fourth-order valence-corrected chi connectivity index (χ4v) is 3.01. The zero-order valence-electron chi connectivity index (χ0n) is 9.12. The molecule has 0 saturated carbocycles. The van der Waals surface area contributed by atoms with Crippen molar-refractivity contribution >= 4 is 28.6 Å². The molecule has 6 heteroatoms. The van der Waals surface area contributed by atoms with E-state index in [0.29, 0.717) is 5.95 Å². The molecule has 0 unspecified atom stereocenters. The molecule has 4 nitrogen and oxygen atoms in total. The van der Waals surface area contributed by atoms with Crippen LogP contribution in [-0.4, -0.2) is 14.5 Å². The summed E-state index contributed by atoms with van der Waals surface area (Å²) in [6.45, 7) is 1.97. The Morgan fingerprint density at radius 1 is 1.29 bits per heavy atom. The minimum Gasteiger partial charge on any atom is -0.369 e. The summed E-state index contributed by atoms with van der Waals surface area (Å²) in [6.07, 6.45) is 1.93. The summed E-state index contributed by atoms with van der Waals surface area (Å²) < 4.78 is 1.83. The molecule has 0 aliphatic carbocycles. The Kier molecular flexibility index (Phi) is 2.45. The lowest BCUT2D eigenvalue weighted by Crippen LogP contribution is -1.98. The number of rotatable bonds is 2. The molecule has 0 spiro atoms. The number of nitrogens with two attached hydrogens (primary N) is 1. The minimum atomic E-state index is 0.475. The standard InChI is InChI=1S/C11H10N4S2/c1-7-6-17-11(13-7)15-5-8(14-10(15)12)9-3-2-4-16-9/h2-6H,1H3,(H2,12,14). The minimum absolute atomic E-state index is 0.475. The number of nitrogen functional groups attached to an aromatic ring is 1. The van der Waals surface area contributed by atoms with Gasteiger partial charge in [0.25, 0.3) is 0 Å². The molecule has 3 aromatic rings. The van der Waals surface area contributed by atoms with E-state index in [1.807, 2.05) is 40.6 Å². The molecule has 0 aromatic carbocycles. The Morgan fingerprint density at radius 2 is 2.18 bits per heavy atom. The molecule has 86 valence electrons. The van der Waals surface area contributed by atoms with Crippen LogP contribution in [0.5, 0.6) is 0 Å². The Morgan fingerprint density at radius 3 is 2.82 bits per heavy atom. The molecule has 0 amide bonds. The molecule has 17 heavy (non-hydrogen) atoms. The summed E-state index contributed by atoms with van der Waals surface area (Å²) >= 11 is 3.21. The Bertz CT molecular complexity index is 636. The van der Waals surface area contributed by atoms with Crippen LogP contribution in [0.2, 0.25) is 0 Å². The first-order valence-electron chi connectivity index (χ1n) is 5.05. The first kappa shape index (κ1) is 10.5. The van der Waals surface area contributed by atoms with E-state index in [2.05, 4.69) is 9.97 Å². The third kappa shape index (κ3) is 1.85. The zero-order chi connectivity index (χ0) is 11.8. The second-order valence-electron chi connectivity index (χ2n) is 3.60. The third-order valence-corrected chi connectivity index (χ3v) is 4.17. The van der Waals surface area contributed by atoms with Gasteiger partial charge in [0.05, 0.1) is 10.6 Å². The smallest absolute Gasteiger partial charge is 0.207 e. The summed E-state index contributed by atoms with van der Waals surface area (Å²) in [7, 11) is 0. The number of thiophene rings is 1. The Balaban J connectivity index is 2.07. The highest BCUT2D eigenvalue weighted by Gasteiger charge is 2.11. The largest absolute Gasteiger partial charge is 0.369 e. The van der Waals surface area contributed by atoms with Crippen molar-refractivity contribution < 1.29 is 0 Å². The van der Waals surface area contributed by atoms with Crippen LogP contribution in [0.1, 0.15) is 5.69 Å². The van der Waals surface area contributed by atoms with Crippen molar-refractivity contribution in [1.29, 1.82) is 0 Å². The summed E-state index contributed by atoms with van der Waals surface area (Å²) in [4.78, 5) is 9.87. The van der Waals surface area contributed by atoms with Gasteiger partial charge in [-0.25, -0.2) is 9.97 Å².